The second-order valence-electron chi connectivity index (χ2n) is 8.83. The average Bonchev–Trinajstić information content (AvgIpc) is 2.68. The third-order valence-corrected chi connectivity index (χ3v) is 7.24. The molecule has 2 aromatic carbocycles. The Morgan fingerprint density at radius 2 is 1.52 bits per heavy atom. The number of halogens is 3. The van der Waals surface area contributed by atoms with E-state index >= 15 is 0 Å². The first-order chi connectivity index (χ1) is 15.2. The van der Waals surface area contributed by atoms with Crippen LogP contribution in [-0.4, -0.2) is 15.4 Å². The Labute approximate surface area is 193 Å². The Morgan fingerprint density at radius 3 is 2.00 bits per heavy atom. The zero-order valence-corrected chi connectivity index (χ0v) is 19.8. The first-order valence-electron chi connectivity index (χ1n) is 10.2. The predicted octanol–water partition coefficient (Wildman–Crippen LogP) is 6.04. The third kappa shape index (κ3) is 5.28. The van der Waals surface area contributed by atoms with Crippen LogP contribution >= 0.6 is 0 Å². The van der Waals surface area contributed by atoms with Crippen LogP contribution in [0.1, 0.15) is 41.9 Å². The molecule has 1 heterocycles. The van der Waals surface area contributed by atoms with Crippen molar-refractivity contribution in [1.82, 2.24) is 0 Å². The zero-order valence-electron chi connectivity index (χ0n) is 19.0. The zero-order chi connectivity index (χ0) is 24.7. The lowest BCUT2D eigenvalue weighted by atomic mass is 9.90. The van der Waals surface area contributed by atoms with Crippen molar-refractivity contribution < 1.29 is 27.2 Å². The summed E-state index contributed by atoms with van der Waals surface area (Å²) in [5.74, 6) is -0.135. The summed E-state index contributed by atoms with van der Waals surface area (Å²) in [7, 11) is 0. The Bertz CT molecular complexity index is 1200. The van der Waals surface area contributed by atoms with Gasteiger partial charge in [-0.3, -0.25) is 0 Å². The molecule has 0 fully saturated rings. The van der Waals surface area contributed by atoms with Gasteiger partial charge in [0.1, 0.15) is 22.8 Å². The molecule has 3 rings (SSSR count). The molecule has 0 aliphatic carbocycles. The molecule has 1 unspecified atom stereocenters. The summed E-state index contributed by atoms with van der Waals surface area (Å²) in [5.41, 5.74) is 0.861. The van der Waals surface area contributed by atoms with Gasteiger partial charge in [-0.25, -0.2) is 4.79 Å². The Balaban J connectivity index is 1.92. The Kier molecular flexibility index (Phi) is 6.73. The van der Waals surface area contributed by atoms with Crippen molar-refractivity contribution in [2.45, 2.75) is 51.1 Å². The monoisotopic (exact) mass is 478 g/mol. The second kappa shape index (κ2) is 8.91. The van der Waals surface area contributed by atoms with Crippen LogP contribution in [-0.2, 0) is 22.8 Å². The van der Waals surface area contributed by atoms with E-state index in [2.05, 4.69) is 0 Å². The number of aryl methyl sites for hydroxylation is 3. The number of alkyl halides is 3. The second-order valence-corrected chi connectivity index (χ2v) is 10.3. The lowest BCUT2D eigenvalue weighted by Gasteiger charge is -2.25. The molecule has 1 atom stereocenters. The molecule has 0 saturated carbocycles. The highest BCUT2D eigenvalue weighted by atomic mass is 32.2. The summed E-state index contributed by atoms with van der Waals surface area (Å²) in [6.07, 6.45) is -4.48. The van der Waals surface area contributed by atoms with Crippen LogP contribution in [0.15, 0.2) is 56.6 Å². The van der Waals surface area contributed by atoms with Gasteiger partial charge in [-0.2, -0.15) is 13.2 Å². The minimum absolute atomic E-state index is 0.0251. The van der Waals surface area contributed by atoms with Gasteiger partial charge in [-0.1, -0.05) is 17.7 Å². The summed E-state index contributed by atoms with van der Waals surface area (Å²) in [5, 5.41) is 10.7. The lowest BCUT2D eigenvalue weighted by molar-refractivity contribution is -0.137. The highest BCUT2D eigenvalue weighted by Gasteiger charge is 2.34. The van der Waals surface area contributed by atoms with E-state index in [4.69, 9.17) is 4.42 Å². The first kappa shape index (κ1) is 24.9. The van der Waals surface area contributed by atoms with Gasteiger partial charge in [0.2, 0.25) is 0 Å². The number of rotatable bonds is 5. The Hall–Kier alpha value is -2.71. The van der Waals surface area contributed by atoms with Crippen LogP contribution in [0.5, 0.6) is 5.75 Å². The largest absolute Gasteiger partial charge is 0.611 e. The number of hydrogen-bond acceptors (Lipinski definition) is 4. The van der Waals surface area contributed by atoms with E-state index in [-0.39, 0.29) is 27.7 Å². The summed E-state index contributed by atoms with van der Waals surface area (Å²) in [4.78, 5) is 13.1. The number of aromatic hydroxyl groups is 1. The summed E-state index contributed by atoms with van der Waals surface area (Å²) in [6, 6.07) is 9.28. The smallest absolute Gasteiger partial charge is 0.416 e. The first-order valence-corrected chi connectivity index (χ1v) is 11.5. The molecule has 4 nitrogen and oxygen atoms in total. The van der Waals surface area contributed by atoms with Gasteiger partial charge in [0.25, 0.3) is 0 Å². The van der Waals surface area contributed by atoms with Crippen LogP contribution < -0.4 is 5.63 Å². The van der Waals surface area contributed by atoms with Gasteiger partial charge in [0.15, 0.2) is 4.90 Å². The van der Waals surface area contributed by atoms with E-state index in [0.29, 0.717) is 5.56 Å². The van der Waals surface area contributed by atoms with Gasteiger partial charge in [0, 0.05) is 6.07 Å². The van der Waals surface area contributed by atoms with Crippen LogP contribution in [0.3, 0.4) is 0 Å². The number of hydrogen-bond donors (Lipinski definition) is 1. The van der Waals surface area contributed by atoms with Crippen molar-refractivity contribution in [3.8, 4) is 16.9 Å². The minimum atomic E-state index is -4.48. The van der Waals surface area contributed by atoms with Crippen LogP contribution in [0.4, 0.5) is 13.2 Å². The van der Waals surface area contributed by atoms with Gasteiger partial charge >= 0.3 is 11.8 Å². The molecule has 8 heteroatoms. The third-order valence-electron chi connectivity index (χ3n) is 5.46. The van der Waals surface area contributed by atoms with Crippen molar-refractivity contribution >= 4 is 11.2 Å². The fourth-order valence-corrected chi connectivity index (χ4v) is 5.30. The van der Waals surface area contributed by atoms with Crippen molar-refractivity contribution in [1.29, 1.82) is 0 Å². The minimum Gasteiger partial charge on any atom is -0.611 e. The van der Waals surface area contributed by atoms with E-state index in [1.807, 2.05) is 32.9 Å². The Morgan fingerprint density at radius 1 is 0.970 bits per heavy atom. The molecule has 0 bridgehead atoms. The van der Waals surface area contributed by atoms with Crippen molar-refractivity contribution in [3.05, 3.63) is 80.9 Å². The van der Waals surface area contributed by atoms with Crippen molar-refractivity contribution in [2.75, 3.05) is 5.75 Å². The molecule has 1 N–H and O–H groups in total. The SMILES string of the molecule is Cc1cc(C)c(-c2c(O)cc(C(C)(C)C[S+]([O-])c3ccc(C(F)(F)F)cc3)oc2=O)c(C)c1. The van der Waals surface area contributed by atoms with Gasteiger partial charge in [-0.05, 0) is 86.8 Å². The molecule has 3 aromatic rings. The number of benzene rings is 2. The lowest BCUT2D eigenvalue weighted by Crippen LogP contribution is -2.29. The normalized spacial score (nSPS) is 13.2. The standard InChI is InChI=1S/C25H25F3O4S/c1-14-10-15(2)21(16(3)11-14)22-19(29)12-20(32-23(22)30)24(4,5)13-33(31)18-8-6-17(7-9-18)25(26,27)28/h6-12,29H,13H2,1-5H3. The molecule has 0 spiro atoms. The average molecular weight is 479 g/mol. The maximum Gasteiger partial charge on any atom is 0.416 e. The molecule has 0 aliphatic rings. The van der Waals surface area contributed by atoms with Crippen molar-refractivity contribution in [3.63, 3.8) is 0 Å². The quantitative estimate of drug-likeness (QED) is 0.454. The summed E-state index contributed by atoms with van der Waals surface area (Å²) in [6.45, 7) is 9.01. The highest BCUT2D eigenvalue weighted by molar-refractivity contribution is 7.91. The maximum absolute atomic E-state index is 12.9. The van der Waals surface area contributed by atoms with Crippen LogP contribution in [0.2, 0.25) is 0 Å². The molecule has 33 heavy (non-hydrogen) atoms. The molecule has 0 aliphatic heterocycles. The van der Waals surface area contributed by atoms with Crippen LogP contribution in [0, 0.1) is 20.8 Å². The van der Waals surface area contributed by atoms with E-state index in [9.17, 15) is 27.6 Å². The van der Waals surface area contributed by atoms with Crippen LogP contribution in [0.25, 0.3) is 11.1 Å². The topological polar surface area (TPSA) is 73.5 Å². The van der Waals surface area contributed by atoms with E-state index in [1.54, 1.807) is 13.8 Å². The maximum atomic E-state index is 12.9. The van der Waals surface area contributed by atoms with E-state index < -0.39 is 34.0 Å². The van der Waals surface area contributed by atoms with E-state index in [0.717, 1.165) is 28.8 Å². The molecule has 0 radical (unpaired) electrons. The summed E-state index contributed by atoms with van der Waals surface area (Å²) >= 11 is -1.66. The predicted molar refractivity (Wildman–Crippen MR) is 122 cm³/mol. The molecule has 0 amide bonds. The van der Waals surface area contributed by atoms with E-state index in [1.165, 1.54) is 18.2 Å². The molecule has 1 aromatic heterocycles. The molecular weight excluding hydrogens is 453 g/mol. The molecule has 0 saturated heterocycles. The fraction of sp³-hybridized carbons (Fsp3) is 0.320. The summed E-state index contributed by atoms with van der Waals surface area (Å²) < 4.78 is 56.7. The van der Waals surface area contributed by atoms with Gasteiger partial charge in [0.05, 0.1) is 11.0 Å². The van der Waals surface area contributed by atoms with Gasteiger partial charge < -0.3 is 14.1 Å². The molecule has 176 valence electrons. The van der Waals surface area contributed by atoms with Gasteiger partial charge in [-0.15, -0.1) is 0 Å². The van der Waals surface area contributed by atoms with Crippen molar-refractivity contribution in [2.24, 2.45) is 0 Å². The fourth-order valence-electron chi connectivity index (χ4n) is 3.90. The highest BCUT2D eigenvalue weighted by Crippen LogP contribution is 2.36. The molecular formula is C25H25F3O4S.